The zero-order chi connectivity index (χ0) is 14.2. The molecule has 108 valence electrons. The molecule has 0 saturated heterocycles. The average molecular weight is 300 g/mol. The first-order valence-corrected chi connectivity index (χ1v) is 8.00. The van der Waals surface area contributed by atoms with E-state index in [1.807, 2.05) is 16.8 Å². The Balaban J connectivity index is 1.52. The Kier molecular flexibility index (Phi) is 3.12. The largest absolute Gasteiger partial charge is 0.349 e. The molecule has 0 unspecified atom stereocenters. The van der Waals surface area contributed by atoms with Crippen molar-refractivity contribution >= 4 is 11.3 Å². The summed E-state index contributed by atoms with van der Waals surface area (Å²) in [4.78, 5) is 6.88. The highest BCUT2D eigenvalue weighted by Gasteiger charge is 2.25. The predicted molar refractivity (Wildman–Crippen MR) is 80.9 cm³/mol. The fourth-order valence-corrected chi connectivity index (χ4v) is 3.48. The van der Waals surface area contributed by atoms with Crippen molar-refractivity contribution in [3.05, 3.63) is 46.7 Å². The van der Waals surface area contributed by atoms with Gasteiger partial charge in [0.2, 0.25) is 11.7 Å². The van der Waals surface area contributed by atoms with Gasteiger partial charge in [0.05, 0.1) is 6.54 Å². The van der Waals surface area contributed by atoms with Gasteiger partial charge in [-0.1, -0.05) is 5.16 Å². The third-order valence-corrected chi connectivity index (χ3v) is 4.74. The molecule has 0 radical (unpaired) electrons. The minimum atomic E-state index is 0.366. The molecule has 0 N–H and O–H groups in total. The Hall–Kier alpha value is -1.92. The molecule has 1 aliphatic rings. The van der Waals surface area contributed by atoms with Gasteiger partial charge in [-0.3, -0.25) is 4.90 Å². The molecule has 6 heteroatoms. The van der Waals surface area contributed by atoms with Crippen molar-refractivity contribution < 1.29 is 4.52 Å². The van der Waals surface area contributed by atoms with Gasteiger partial charge < -0.3 is 9.09 Å². The van der Waals surface area contributed by atoms with Gasteiger partial charge in [0.25, 0.3) is 0 Å². The van der Waals surface area contributed by atoms with Crippen LogP contribution in [-0.4, -0.2) is 26.2 Å². The van der Waals surface area contributed by atoms with Crippen LogP contribution >= 0.6 is 11.3 Å². The number of aromatic nitrogens is 3. The molecule has 21 heavy (non-hydrogen) atoms. The molecule has 4 rings (SSSR count). The molecule has 3 aromatic heterocycles. The van der Waals surface area contributed by atoms with E-state index in [9.17, 15) is 0 Å². The number of rotatable bonds is 3. The van der Waals surface area contributed by atoms with E-state index in [1.54, 1.807) is 11.3 Å². The molecule has 0 aromatic carbocycles. The normalized spacial score (nSPS) is 18.8. The van der Waals surface area contributed by atoms with Crippen LogP contribution in [0.15, 0.2) is 39.7 Å². The summed E-state index contributed by atoms with van der Waals surface area (Å²) in [5.41, 5.74) is 2.37. The van der Waals surface area contributed by atoms with Crippen molar-refractivity contribution in [1.29, 1.82) is 0 Å². The van der Waals surface area contributed by atoms with Gasteiger partial charge in [-0.25, -0.2) is 0 Å². The topological polar surface area (TPSA) is 47.1 Å². The van der Waals surface area contributed by atoms with E-state index in [1.165, 1.54) is 5.69 Å². The lowest BCUT2D eigenvalue weighted by Gasteiger charge is -2.33. The molecule has 0 aliphatic carbocycles. The highest BCUT2D eigenvalue weighted by molar-refractivity contribution is 7.08. The second-order valence-electron chi connectivity index (χ2n) is 5.30. The molecule has 3 aromatic rings. The first-order chi connectivity index (χ1) is 10.3. The Morgan fingerprint density at radius 2 is 2.33 bits per heavy atom. The molecule has 0 fully saturated rings. The third-order valence-electron chi connectivity index (χ3n) is 4.05. The van der Waals surface area contributed by atoms with E-state index in [0.717, 1.165) is 18.7 Å². The number of thiophene rings is 1. The minimum Gasteiger partial charge on any atom is -0.349 e. The van der Waals surface area contributed by atoms with Gasteiger partial charge in [0.1, 0.15) is 0 Å². The number of hydrogen-bond acceptors (Lipinski definition) is 5. The standard InChI is InChI=1S/C15H16N4OS/c1-11-13-3-2-5-18(13)6-7-19(11)9-14-16-15(17-20-14)12-4-8-21-10-12/h2-5,8,10-11H,6-7,9H2,1H3/t11-/m0/s1. The highest BCUT2D eigenvalue weighted by Crippen LogP contribution is 2.27. The van der Waals surface area contributed by atoms with Crippen molar-refractivity contribution in [2.75, 3.05) is 6.54 Å². The van der Waals surface area contributed by atoms with Crippen LogP contribution in [0.3, 0.4) is 0 Å². The Labute approximate surface area is 126 Å². The summed E-state index contributed by atoms with van der Waals surface area (Å²) in [6.07, 6.45) is 2.14. The minimum absolute atomic E-state index is 0.366. The van der Waals surface area contributed by atoms with E-state index < -0.39 is 0 Å². The SMILES string of the molecule is C[C@H]1c2cccn2CCN1Cc1nc(-c2ccsc2)no1. The maximum Gasteiger partial charge on any atom is 0.241 e. The molecule has 1 aliphatic heterocycles. The summed E-state index contributed by atoms with van der Waals surface area (Å²) in [7, 11) is 0. The van der Waals surface area contributed by atoms with Gasteiger partial charge in [-0.15, -0.1) is 0 Å². The van der Waals surface area contributed by atoms with Crippen LogP contribution in [0.25, 0.3) is 11.4 Å². The van der Waals surface area contributed by atoms with E-state index in [4.69, 9.17) is 4.52 Å². The maximum absolute atomic E-state index is 5.40. The first kappa shape index (κ1) is 12.8. The quantitative estimate of drug-likeness (QED) is 0.745. The van der Waals surface area contributed by atoms with Gasteiger partial charge in [0.15, 0.2) is 0 Å². The number of nitrogens with zero attached hydrogens (tertiary/aromatic N) is 4. The number of fused-ring (bicyclic) bond motifs is 1. The van der Waals surface area contributed by atoms with Crippen LogP contribution in [0.4, 0.5) is 0 Å². The molecule has 0 spiro atoms. The van der Waals surface area contributed by atoms with Crippen LogP contribution in [0, 0.1) is 0 Å². The predicted octanol–water partition coefficient (Wildman–Crippen LogP) is 3.18. The van der Waals surface area contributed by atoms with E-state index in [-0.39, 0.29) is 0 Å². The van der Waals surface area contributed by atoms with Gasteiger partial charge in [0, 0.05) is 42.0 Å². The lowest BCUT2D eigenvalue weighted by atomic mass is 10.1. The smallest absolute Gasteiger partial charge is 0.241 e. The molecule has 4 heterocycles. The van der Waals surface area contributed by atoms with Crippen LogP contribution in [0.1, 0.15) is 24.6 Å². The zero-order valence-corrected chi connectivity index (χ0v) is 12.6. The third kappa shape index (κ3) is 2.30. The molecule has 0 saturated carbocycles. The Morgan fingerprint density at radius 1 is 1.38 bits per heavy atom. The van der Waals surface area contributed by atoms with Crippen molar-refractivity contribution in [2.45, 2.75) is 26.1 Å². The molecule has 5 nitrogen and oxygen atoms in total. The van der Waals surface area contributed by atoms with Crippen LogP contribution in [0.5, 0.6) is 0 Å². The molecule has 1 atom stereocenters. The van der Waals surface area contributed by atoms with E-state index in [2.05, 4.69) is 44.9 Å². The lowest BCUT2D eigenvalue weighted by molar-refractivity contribution is 0.141. The average Bonchev–Trinajstić information content (AvgIpc) is 3.21. The second-order valence-corrected chi connectivity index (χ2v) is 6.08. The first-order valence-electron chi connectivity index (χ1n) is 7.05. The second kappa shape index (κ2) is 5.13. The molecule has 0 bridgehead atoms. The summed E-state index contributed by atoms with van der Waals surface area (Å²) >= 11 is 1.64. The fourth-order valence-electron chi connectivity index (χ4n) is 2.84. The lowest BCUT2D eigenvalue weighted by Crippen LogP contribution is -2.35. The van der Waals surface area contributed by atoms with Crippen LogP contribution < -0.4 is 0 Å². The van der Waals surface area contributed by atoms with Crippen molar-refractivity contribution in [2.24, 2.45) is 0 Å². The molecule has 0 amide bonds. The van der Waals surface area contributed by atoms with E-state index >= 15 is 0 Å². The summed E-state index contributed by atoms with van der Waals surface area (Å²) in [6.45, 7) is 4.93. The summed E-state index contributed by atoms with van der Waals surface area (Å²) in [5.74, 6) is 1.36. The highest BCUT2D eigenvalue weighted by atomic mass is 32.1. The van der Waals surface area contributed by atoms with Gasteiger partial charge >= 0.3 is 0 Å². The summed E-state index contributed by atoms with van der Waals surface area (Å²) in [6, 6.07) is 6.67. The Morgan fingerprint density at radius 3 is 3.19 bits per heavy atom. The summed E-state index contributed by atoms with van der Waals surface area (Å²) < 4.78 is 7.72. The fraction of sp³-hybridized carbons (Fsp3) is 0.333. The summed E-state index contributed by atoms with van der Waals surface area (Å²) in [5, 5.41) is 8.13. The Bertz CT molecular complexity index is 731. The van der Waals surface area contributed by atoms with Gasteiger partial charge in [-0.2, -0.15) is 16.3 Å². The molecular weight excluding hydrogens is 284 g/mol. The molecular formula is C15H16N4OS. The zero-order valence-electron chi connectivity index (χ0n) is 11.8. The monoisotopic (exact) mass is 300 g/mol. The van der Waals surface area contributed by atoms with Crippen molar-refractivity contribution in [3.8, 4) is 11.4 Å². The van der Waals surface area contributed by atoms with E-state index in [0.29, 0.717) is 24.3 Å². The van der Waals surface area contributed by atoms with Crippen molar-refractivity contribution in [1.82, 2.24) is 19.6 Å². The number of hydrogen-bond donors (Lipinski definition) is 0. The van der Waals surface area contributed by atoms with Crippen LogP contribution in [-0.2, 0) is 13.1 Å². The van der Waals surface area contributed by atoms with Gasteiger partial charge in [-0.05, 0) is 30.5 Å². The maximum atomic E-state index is 5.40. The van der Waals surface area contributed by atoms with Crippen LogP contribution in [0.2, 0.25) is 0 Å². The van der Waals surface area contributed by atoms with Crippen molar-refractivity contribution in [3.63, 3.8) is 0 Å².